The van der Waals surface area contributed by atoms with Crippen LogP contribution in [0.1, 0.15) is 54.0 Å². The summed E-state index contributed by atoms with van der Waals surface area (Å²) in [5.74, 6) is 0. The van der Waals surface area contributed by atoms with Crippen molar-refractivity contribution < 1.29 is 23.1 Å². The molecule has 1 aromatic rings. The Morgan fingerprint density at radius 1 is 1.08 bits per heavy atom. The van der Waals surface area contributed by atoms with Gasteiger partial charge in [-0.15, -0.1) is 0 Å². The highest BCUT2D eigenvalue weighted by Gasteiger charge is 2.37. The van der Waals surface area contributed by atoms with Gasteiger partial charge in [-0.2, -0.15) is 0 Å². The lowest BCUT2D eigenvalue weighted by molar-refractivity contribution is -0.0410. The minimum absolute atomic E-state index is 0.0506. The number of hydrogen-bond donors (Lipinski definition) is 2. The van der Waals surface area contributed by atoms with Gasteiger partial charge in [0.15, 0.2) is 0 Å². The summed E-state index contributed by atoms with van der Waals surface area (Å²) in [4.78, 5) is 11.8. The molecule has 0 saturated carbocycles. The van der Waals surface area contributed by atoms with Gasteiger partial charge < -0.3 is 9.84 Å². The van der Waals surface area contributed by atoms with E-state index < -0.39 is 32.7 Å². The molecule has 6 nitrogen and oxygen atoms in total. The molecule has 0 bridgehead atoms. The van der Waals surface area contributed by atoms with Crippen LogP contribution in [0.3, 0.4) is 0 Å². The monoisotopic (exact) mass is 371 g/mol. The summed E-state index contributed by atoms with van der Waals surface area (Å²) in [6.45, 7) is 12.2. The Kier molecular flexibility index (Phi) is 5.97. The fourth-order valence-electron chi connectivity index (χ4n) is 2.01. The molecule has 1 amide bonds. The molecule has 0 aromatic heterocycles. The molecule has 25 heavy (non-hydrogen) atoms. The van der Waals surface area contributed by atoms with Crippen LogP contribution in [0.25, 0.3) is 0 Å². The number of aliphatic hydroxyl groups is 1. The summed E-state index contributed by atoms with van der Waals surface area (Å²) in [6.07, 6.45) is -0.910. The minimum Gasteiger partial charge on any atom is -0.443 e. The first-order valence-electron chi connectivity index (χ1n) is 8.11. The van der Waals surface area contributed by atoms with E-state index in [4.69, 9.17) is 4.74 Å². The van der Waals surface area contributed by atoms with Crippen LogP contribution in [0, 0.1) is 5.41 Å². The first kappa shape index (κ1) is 21.4. The second kappa shape index (κ2) is 6.96. The number of benzene rings is 1. The highest BCUT2D eigenvalue weighted by atomic mass is 32.2. The van der Waals surface area contributed by atoms with Crippen molar-refractivity contribution in [3.63, 3.8) is 0 Å². The van der Waals surface area contributed by atoms with Gasteiger partial charge in [0.2, 0.25) is 0 Å². The molecule has 0 spiro atoms. The van der Waals surface area contributed by atoms with Crippen molar-refractivity contribution in [3.05, 3.63) is 29.8 Å². The van der Waals surface area contributed by atoms with Crippen molar-refractivity contribution in [2.75, 3.05) is 0 Å². The minimum atomic E-state index is -4.12. The molecule has 1 atom stereocenters. The lowest BCUT2D eigenvalue weighted by atomic mass is 9.74. The molecule has 0 heterocycles. The summed E-state index contributed by atoms with van der Waals surface area (Å²) < 4.78 is 32.1. The highest BCUT2D eigenvalue weighted by Crippen LogP contribution is 2.34. The number of carbonyl (C=O) groups is 1. The second-order valence-electron chi connectivity index (χ2n) is 8.42. The maximum Gasteiger partial charge on any atom is 0.421 e. The van der Waals surface area contributed by atoms with E-state index in [-0.39, 0.29) is 11.3 Å². The van der Waals surface area contributed by atoms with Crippen molar-refractivity contribution in [1.82, 2.24) is 4.72 Å². The fourth-order valence-corrected chi connectivity index (χ4v) is 3.13. The second-order valence-corrected chi connectivity index (χ2v) is 10.1. The number of amides is 1. The van der Waals surface area contributed by atoms with Crippen molar-refractivity contribution in [1.29, 1.82) is 0 Å². The molecular formula is C18H29NO5S. The van der Waals surface area contributed by atoms with Gasteiger partial charge in [0.05, 0.1) is 10.5 Å². The third-order valence-electron chi connectivity index (χ3n) is 4.03. The van der Waals surface area contributed by atoms with Gasteiger partial charge in [-0.25, -0.2) is 17.9 Å². The largest absolute Gasteiger partial charge is 0.443 e. The molecule has 2 N–H and O–H groups in total. The SMILES string of the molecule is CC(C)(C)OC(=O)NS(=O)(=O)c1ccccc1CC(C)(O)C(C)(C)C. The van der Waals surface area contributed by atoms with Crippen molar-refractivity contribution in [2.24, 2.45) is 5.41 Å². The van der Waals surface area contributed by atoms with E-state index >= 15 is 0 Å². The van der Waals surface area contributed by atoms with Gasteiger partial charge in [-0.05, 0) is 44.7 Å². The molecular weight excluding hydrogens is 342 g/mol. The summed E-state index contributed by atoms with van der Waals surface area (Å²) >= 11 is 0. The average molecular weight is 371 g/mol. The normalized spacial score (nSPS) is 15.4. The van der Waals surface area contributed by atoms with E-state index in [1.165, 1.54) is 6.07 Å². The maximum atomic E-state index is 12.6. The van der Waals surface area contributed by atoms with Crippen LogP contribution in [0.5, 0.6) is 0 Å². The molecule has 0 radical (unpaired) electrons. The first-order valence-corrected chi connectivity index (χ1v) is 9.60. The fraction of sp³-hybridized carbons (Fsp3) is 0.611. The van der Waals surface area contributed by atoms with E-state index in [0.29, 0.717) is 5.56 Å². The number of nitrogens with one attached hydrogen (secondary N) is 1. The van der Waals surface area contributed by atoms with Gasteiger partial charge in [0.25, 0.3) is 10.0 Å². The van der Waals surface area contributed by atoms with Gasteiger partial charge in [-0.1, -0.05) is 39.0 Å². The zero-order valence-corrected chi connectivity index (χ0v) is 16.8. The van der Waals surface area contributed by atoms with Crippen LogP contribution < -0.4 is 4.72 Å². The molecule has 0 aliphatic rings. The van der Waals surface area contributed by atoms with E-state index in [2.05, 4.69) is 0 Å². The lowest BCUT2D eigenvalue weighted by Crippen LogP contribution is -2.42. The molecule has 0 aliphatic heterocycles. The molecule has 0 saturated heterocycles. The quantitative estimate of drug-likeness (QED) is 0.847. The Morgan fingerprint density at radius 3 is 2.08 bits per heavy atom. The van der Waals surface area contributed by atoms with Gasteiger partial charge >= 0.3 is 6.09 Å². The number of rotatable bonds is 4. The topological polar surface area (TPSA) is 92.7 Å². The number of carbonyl (C=O) groups excluding carboxylic acids is 1. The number of sulfonamides is 1. The molecule has 0 aliphatic carbocycles. The van der Waals surface area contributed by atoms with Gasteiger partial charge in [0, 0.05) is 6.42 Å². The number of hydrogen-bond acceptors (Lipinski definition) is 5. The zero-order chi connectivity index (χ0) is 19.7. The van der Waals surface area contributed by atoms with E-state index in [9.17, 15) is 18.3 Å². The Morgan fingerprint density at radius 2 is 1.60 bits per heavy atom. The van der Waals surface area contributed by atoms with Crippen molar-refractivity contribution in [2.45, 2.75) is 71.0 Å². The molecule has 1 aromatic carbocycles. The summed E-state index contributed by atoms with van der Waals surface area (Å²) in [5, 5.41) is 10.7. The lowest BCUT2D eigenvalue weighted by Gasteiger charge is -2.37. The Labute approximate surface area is 150 Å². The van der Waals surface area contributed by atoms with Crippen LogP contribution in [-0.2, 0) is 21.2 Å². The summed E-state index contributed by atoms with van der Waals surface area (Å²) in [6, 6.07) is 6.30. The predicted octanol–water partition coefficient (Wildman–Crippen LogP) is 3.24. The zero-order valence-electron chi connectivity index (χ0n) is 16.0. The van der Waals surface area contributed by atoms with Crippen LogP contribution in [0.15, 0.2) is 29.2 Å². The van der Waals surface area contributed by atoms with Gasteiger partial charge in [-0.3, -0.25) is 0 Å². The third-order valence-corrected chi connectivity index (χ3v) is 5.44. The standard InChI is InChI=1S/C18H29NO5S/c1-16(2,3)18(7,21)12-13-10-8-9-11-14(13)25(22,23)19-15(20)24-17(4,5)6/h8-11,21H,12H2,1-7H3,(H,19,20). The van der Waals surface area contributed by atoms with Crippen LogP contribution in [0.2, 0.25) is 0 Å². The van der Waals surface area contributed by atoms with Crippen LogP contribution >= 0.6 is 0 Å². The summed E-state index contributed by atoms with van der Waals surface area (Å²) in [7, 11) is -4.12. The molecule has 142 valence electrons. The van der Waals surface area contributed by atoms with E-state index in [1.807, 2.05) is 25.5 Å². The summed E-state index contributed by atoms with van der Waals surface area (Å²) in [5.41, 5.74) is -1.97. The van der Waals surface area contributed by atoms with Crippen LogP contribution in [0.4, 0.5) is 4.79 Å². The molecule has 7 heteroatoms. The highest BCUT2D eigenvalue weighted by molar-refractivity contribution is 7.90. The smallest absolute Gasteiger partial charge is 0.421 e. The van der Waals surface area contributed by atoms with E-state index in [1.54, 1.807) is 45.9 Å². The van der Waals surface area contributed by atoms with Crippen LogP contribution in [-0.4, -0.2) is 30.8 Å². The van der Waals surface area contributed by atoms with E-state index in [0.717, 1.165) is 0 Å². The molecule has 0 fully saturated rings. The van der Waals surface area contributed by atoms with Crippen molar-refractivity contribution in [3.8, 4) is 0 Å². The average Bonchev–Trinajstić information content (AvgIpc) is 2.33. The predicted molar refractivity (Wildman–Crippen MR) is 96.8 cm³/mol. The maximum absolute atomic E-state index is 12.6. The number of ether oxygens (including phenoxy) is 1. The van der Waals surface area contributed by atoms with Gasteiger partial charge in [0.1, 0.15) is 5.60 Å². The Balaban J connectivity index is 3.16. The molecule has 1 unspecified atom stereocenters. The molecule has 1 rings (SSSR count). The third kappa shape index (κ3) is 6.01. The first-order chi connectivity index (χ1) is 11.1. The Bertz CT molecular complexity index is 725. The Hall–Kier alpha value is -1.60. The van der Waals surface area contributed by atoms with Crippen molar-refractivity contribution >= 4 is 16.1 Å².